The van der Waals surface area contributed by atoms with E-state index in [0.29, 0.717) is 5.56 Å². The van der Waals surface area contributed by atoms with Gasteiger partial charge >= 0.3 is 0 Å². The number of hydrogen-bond acceptors (Lipinski definition) is 2. The van der Waals surface area contributed by atoms with E-state index in [4.69, 9.17) is 0 Å². The van der Waals surface area contributed by atoms with Crippen molar-refractivity contribution in [1.82, 2.24) is 9.78 Å². The zero-order valence-electron chi connectivity index (χ0n) is 12.3. The highest BCUT2D eigenvalue weighted by atomic mass is 79.9. The van der Waals surface area contributed by atoms with Crippen molar-refractivity contribution in [3.63, 3.8) is 0 Å². The largest absolute Gasteiger partial charge is 0.322 e. The Kier molecular flexibility index (Phi) is 4.63. The monoisotopic (exact) mass is 433 g/mol. The summed E-state index contributed by atoms with van der Waals surface area (Å²) in [6.45, 7) is 1.95. The average Bonchev–Trinajstić information content (AvgIpc) is 3.01. The number of aromatic nitrogens is 2. The van der Waals surface area contributed by atoms with Gasteiger partial charge in [-0.2, -0.15) is 5.10 Å². The van der Waals surface area contributed by atoms with Crippen LogP contribution in [0.15, 0.2) is 63.8 Å². The molecular weight excluding hydrogens is 422 g/mol. The van der Waals surface area contributed by atoms with Crippen molar-refractivity contribution in [2.24, 2.45) is 0 Å². The van der Waals surface area contributed by atoms with E-state index in [1.165, 1.54) is 0 Å². The van der Waals surface area contributed by atoms with Crippen molar-refractivity contribution in [3.8, 4) is 5.69 Å². The van der Waals surface area contributed by atoms with Gasteiger partial charge in [-0.05, 0) is 55.0 Å². The minimum absolute atomic E-state index is 0.182. The molecule has 0 unspecified atom stereocenters. The average molecular weight is 435 g/mol. The third-order valence-corrected chi connectivity index (χ3v) is 4.39. The van der Waals surface area contributed by atoms with E-state index in [-0.39, 0.29) is 5.91 Å². The van der Waals surface area contributed by atoms with Crippen LogP contribution in [-0.2, 0) is 0 Å². The van der Waals surface area contributed by atoms with Crippen molar-refractivity contribution in [3.05, 3.63) is 74.9 Å². The van der Waals surface area contributed by atoms with E-state index < -0.39 is 0 Å². The van der Waals surface area contributed by atoms with E-state index in [9.17, 15) is 4.79 Å². The van der Waals surface area contributed by atoms with Gasteiger partial charge in [-0.25, -0.2) is 4.68 Å². The van der Waals surface area contributed by atoms with Gasteiger partial charge in [0.1, 0.15) is 0 Å². The SMILES string of the molecule is Cc1cc(Br)ccc1NC(=O)c1cnn(-c2ccc(Br)cc2)c1. The molecule has 4 nitrogen and oxygen atoms in total. The summed E-state index contributed by atoms with van der Waals surface area (Å²) >= 11 is 6.81. The summed E-state index contributed by atoms with van der Waals surface area (Å²) < 4.78 is 3.66. The molecule has 0 spiro atoms. The first-order valence-electron chi connectivity index (χ1n) is 6.91. The first-order valence-corrected chi connectivity index (χ1v) is 8.49. The number of carbonyl (C=O) groups is 1. The Balaban J connectivity index is 1.79. The van der Waals surface area contributed by atoms with Gasteiger partial charge in [0, 0.05) is 20.8 Å². The zero-order valence-corrected chi connectivity index (χ0v) is 15.4. The topological polar surface area (TPSA) is 46.9 Å². The second-order valence-electron chi connectivity index (χ2n) is 5.06. The van der Waals surface area contributed by atoms with Crippen molar-refractivity contribution in [2.45, 2.75) is 6.92 Å². The smallest absolute Gasteiger partial charge is 0.258 e. The molecule has 0 aliphatic rings. The van der Waals surface area contributed by atoms with Crippen LogP contribution in [-0.4, -0.2) is 15.7 Å². The van der Waals surface area contributed by atoms with Gasteiger partial charge in [0.05, 0.1) is 17.4 Å². The molecule has 0 radical (unpaired) electrons. The molecule has 2 aromatic carbocycles. The molecule has 0 atom stereocenters. The van der Waals surface area contributed by atoms with E-state index in [1.807, 2.05) is 49.4 Å². The number of nitrogens with one attached hydrogen (secondary N) is 1. The summed E-state index contributed by atoms with van der Waals surface area (Å²) in [5.41, 5.74) is 3.19. The van der Waals surface area contributed by atoms with E-state index in [1.54, 1.807) is 17.1 Å². The van der Waals surface area contributed by atoms with Crippen molar-refractivity contribution < 1.29 is 4.79 Å². The van der Waals surface area contributed by atoms with Crippen LogP contribution in [0.4, 0.5) is 5.69 Å². The summed E-state index contributed by atoms with van der Waals surface area (Å²) in [4.78, 5) is 12.4. The molecule has 116 valence electrons. The second kappa shape index (κ2) is 6.68. The number of hydrogen-bond donors (Lipinski definition) is 1. The quantitative estimate of drug-likeness (QED) is 0.633. The maximum absolute atomic E-state index is 12.4. The van der Waals surface area contributed by atoms with Gasteiger partial charge in [0.2, 0.25) is 0 Å². The lowest BCUT2D eigenvalue weighted by atomic mass is 10.2. The highest BCUT2D eigenvalue weighted by Gasteiger charge is 2.11. The standard InChI is InChI=1S/C17H13Br2N3O/c1-11-8-14(19)4-7-16(11)21-17(23)12-9-20-22(10-12)15-5-2-13(18)3-6-15/h2-10H,1H3,(H,21,23). The maximum Gasteiger partial charge on any atom is 0.258 e. The fourth-order valence-electron chi connectivity index (χ4n) is 2.14. The number of aryl methyl sites for hydroxylation is 1. The minimum atomic E-state index is -0.182. The number of carbonyl (C=O) groups excluding carboxylic acids is 1. The molecule has 1 aromatic heterocycles. The summed E-state index contributed by atoms with van der Waals surface area (Å²) in [5, 5.41) is 7.16. The number of rotatable bonds is 3. The Bertz CT molecular complexity index is 857. The molecule has 1 heterocycles. The fourth-order valence-corrected chi connectivity index (χ4v) is 2.88. The molecule has 3 rings (SSSR count). The third kappa shape index (κ3) is 3.71. The first kappa shape index (κ1) is 16.0. The number of nitrogens with zero attached hydrogens (tertiary/aromatic N) is 2. The van der Waals surface area contributed by atoms with Crippen molar-refractivity contribution >= 4 is 43.5 Å². The second-order valence-corrected chi connectivity index (χ2v) is 6.89. The van der Waals surface area contributed by atoms with Crippen LogP contribution in [0.5, 0.6) is 0 Å². The van der Waals surface area contributed by atoms with Crippen LogP contribution in [0, 0.1) is 6.92 Å². The lowest BCUT2D eigenvalue weighted by Crippen LogP contribution is -2.12. The van der Waals surface area contributed by atoms with Gasteiger partial charge in [-0.3, -0.25) is 4.79 Å². The summed E-state index contributed by atoms with van der Waals surface area (Å²) in [7, 11) is 0. The van der Waals surface area contributed by atoms with Crippen molar-refractivity contribution in [2.75, 3.05) is 5.32 Å². The number of amides is 1. The molecule has 0 bridgehead atoms. The van der Waals surface area contributed by atoms with Crippen molar-refractivity contribution in [1.29, 1.82) is 0 Å². The number of anilines is 1. The molecule has 0 aliphatic carbocycles. The molecular formula is C17H13Br2N3O. The zero-order chi connectivity index (χ0) is 16.4. The highest BCUT2D eigenvalue weighted by Crippen LogP contribution is 2.21. The predicted molar refractivity (Wildman–Crippen MR) is 98.1 cm³/mol. The lowest BCUT2D eigenvalue weighted by Gasteiger charge is -2.07. The molecule has 3 aromatic rings. The molecule has 0 saturated carbocycles. The lowest BCUT2D eigenvalue weighted by molar-refractivity contribution is 0.102. The minimum Gasteiger partial charge on any atom is -0.322 e. The highest BCUT2D eigenvalue weighted by molar-refractivity contribution is 9.10. The molecule has 1 amide bonds. The maximum atomic E-state index is 12.4. The van der Waals surface area contributed by atoms with E-state index in [2.05, 4.69) is 42.3 Å². The molecule has 23 heavy (non-hydrogen) atoms. The van der Waals surface area contributed by atoms with Gasteiger partial charge in [-0.15, -0.1) is 0 Å². The summed E-state index contributed by atoms with van der Waals surface area (Å²) in [6, 6.07) is 13.4. The van der Waals surface area contributed by atoms with Crippen LogP contribution in [0.25, 0.3) is 5.69 Å². The third-order valence-electron chi connectivity index (χ3n) is 3.37. The summed E-state index contributed by atoms with van der Waals surface area (Å²) in [5.74, 6) is -0.182. The van der Waals surface area contributed by atoms with Crippen LogP contribution in [0.1, 0.15) is 15.9 Å². The number of benzene rings is 2. The Morgan fingerprint density at radius 3 is 2.48 bits per heavy atom. The van der Waals surface area contributed by atoms with Gasteiger partial charge < -0.3 is 5.32 Å². The van der Waals surface area contributed by atoms with Crippen LogP contribution in [0.2, 0.25) is 0 Å². The van der Waals surface area contributed by atoms with Gasteiger partial charge in [0.15, 0.2) is 0 Å². The Labute approximate surface area is 150 Å². The Morgan fingerprint density at radius 1 is 1.09 bits per heavy atom. The molecule has 0 saturated heterocycles. The van der Waals surface area contributed by atoms with E-state index >= 15 is 0 Å². The van der Waals surface area contributed by atoms with Gasteiger partial charge in [-0.1, -0.05) is 31.9 Å². The molecule has 6 heteroatoms. The Morgan fingerprint density at radius 2 is 1.78 bits per heavy atom. The molecule has 0 aliphatic heterocycles. The van der Waals surface area contributed by atoms with Crippen LogP contribution >= 0.6 is 31.9 Å². The van der Waals surface area contributed by atoms with Crippen LogP contribution < -0.4 is 5.32 Å². The summed E-state index contributed by atoms with van der Waals surface area (Å²) in [6.07, 6.45) is 3.28. The molecule has 0 fully saturated rings. The normalized spacial score (nSPS) is 10.6. The van der Waals surface area contributed by atoms with Crippen LogP contribution in [0.3, 0.4) is 0 Å². The van der Waals surface area contributed by atoms with Gasteiger partial charge in [0.25, 0.3) is 5.91 Å². The molecule has 1 N–H and O–H groups in total. The van der Waals surface area contributed by atoms with E-state index in [0.717, 1.165) is 25.9 Å². The Hall–Kier alpha value is -1.92. The fraction of sp³-hybridized carbons (Fsp3) is 0.0588. The number of halogens is 2. The first-order chi connectivity index (χ1) is 11.0. The predicted octanol–water partition coefficient (Wildman–Crippen LogP) is 4.96.